The highest BCUT2D eigenvalue weighted by Crippen LogP contribution is 2.25. The summed E-state index contributed by atoms with van der Waals surface area (Å²) in [5.74, 6) is -0.389. The van der Waals surface area contributed by atoms with E-state index in [1.54, 1.807) is 0 Å². The van der Waals surface area contributed by atoms with Crippen LogP contribution in [0, 0.1) is 0 Å². The molecule has 1 aliphatic heterocycles. The van der Waals surface area contributed by atoms with Crippen LogP contribution in [0.1, 0.15) is 5.56 Å². The fourth-order valence-corrected chi connectivity index (χ4v) is 3.41. The first-order valence-electron chi connectivity index (χ1n) is 7.62. The van der Waals surface area contributed by atoms with E-state index in [0.717, 1.165) is 10.5 Å². The van der Waals surface area contributed by atoms with Gasteiger partial charge < -0.3 is 4.90 Å². The van der Waals surface area contributed by atoms with E-state index in [-0.39, 0.29) is 23.0 Å². The Kier molecular flexibility index (Phi) is 4.56. The second kappa shape index (κ2) is 6.66. The van der Waals surface area contributed by atoms with E-state index in [1.165, 1.54) is 36.2 Å². The molecule has 1 aliphatic rings. The fraction of sp³-hybridized carbons (Fsp3) is 0.176. The van der Waals surface area contributed by atoms with Gasteiger partial charge in [-0.05, 0) is 30.8 Å². The van der Waals surface area contributed by atoms with Gasteiger partial charge in [0.1, 0.15) is 6.54 Å². The first-order valence-corrected chi connectivity index (χ1v) is 9.10. The van der Waals surface area contributed by atoms with Gasteiger partial charge in [-0.25, -0.2) is 22.8 Å². The first kappa shape index (κ1) is 17.1. The molecular weight excluding hydrogens is 342 g/mol. The summed E-state index contributed by atoms with van der Waals surface area (Å²) in [7, 11) is -2.36. The van der Waals surface area contributed by atoms with Crippen LogP contribution in [-0.2, 0) is 21.4 Å². The predicted molar refractivity (Wildman–Crippen MR) is 92.4 cm³/mol. The summed E-state index contributed by atoms with van der Waals surface area (Å²) in [4.78, 5) is 27.4. The highest BCUT2D eigenvalue weighted by Gasteiger charge is 2.37. The zero-order chi connectivity index (χ0) is 18.0. The number of benzene rings is 2. The lowest BCUT2D eigenvalue weighted by Crippen LogP contribution is -2.33. The van der Waals surface area contributed by atoms with Crippen molar-refractivity contribution in [3.8, 4) is 0 Å². The Labute approximate surface area is 145 Å². The van der Waals surface area contributed by atoms with E-state index in [0.29, 0.717) is 6.54 Å². The Morgan fingerprint density at radius 2 is 1.76 bits per heavy atom. The zero-order valence-electron chi connectivity index (χ0n) is 13.5. The molecular formula is C17H17N3O4S. The maximum Gasteiger partial charge on any atom is 0.332 e. The van der Waals surface area contributed by atoms with Crippen LogP contribution < -0.4 is 9.62 Å². The molecule has 0 spiro atoms. The van der Waals surface area contributed by atoms with Crippen LogP contribution in [0.4, 0.5) is 10.5 Å². The normalized spacial score (nSPS) is 15.1. The third kappa shape index (κ3) is 3.40. The largest absolute Gasteiger partial charge is 0.332 e. The van der Waals surface area contributed by atoms with Crippen molar-refractivity contribution in [1.82, 2.24) is 9.62 Å². The summed E-state index contributed by atoms with van der Waals surface area (Å²) in [6.07, 6.45) is 0. The molecule has 0 atom stereocenters. The number of hydrogen-bond acceptors (Lipinski definition) is 4. The second-order valence-corrected chi connectivity index (χ2v) is 7.44. The molecule has 1 fully saturated rings. The van der Waals surface area contributed by atoms with Crippen LogP contribution in [0.25, 0.3) is 0 Å². The van der Waals surface area contributed by atoms with E-state index >= 15 is 0 Å². The molecule has 1 N–H and O–H groups in total. The van der Waals surface area contributed by atoms with Gasteiger partial charge in [-0.3, -0.25) is 4.79 Å². The van der Waals surface area contributed by atoms with Gasteiger partial charge in [-0.2, -0.15) is 0 Å². The lowest BCUT2D eigenvalue weighted by Gasteiger charge is -2.17. The molecule has 130 valence electrons. The van der Waals surface area contributed by atoms with E-state index in [1.807, 2.05) is 30.3 Å². The smallest absolute Gasteiger partial charge is 0.310 e. The molecule has 0 saturated carbocycles. The van der Waals surface area contributed by atoms with Crippen LogP contribution in [0.5, 0.6) is 0 Å². The number of anilines is 1. The second-order valence-electron chi connectivity index (χ2n) is 5.56. The Morgan fingerprint density at radius 3 is 2.44 bits per heavy atom. The number of sulfonamides is 1. The van der Waals surface area contributed by atoms with Gasteiger partial charge in [0.2, 0.25) is 10.0 Å². The van der Waals surface area contributed by atoms with Gasteiger partial charge in [0, 0.05) is 6.54 Å². The number of imide groups is 1. The van der Waals surface area contributed by atoms with Crippen LogP contribution in [0.3, 0.4) is 0 Å². The van der Waals surface area contributed by atoms with Crippen molar-refractivity contribution in [2.45, 2.75) is 11.4 Å². The van der Waals surface area contributed by atoms with E-state index < -0.39 is 16.1 Å². The van der Waals surface area contributed by atoms with Crippen molar-refractivity contribution in [2.75, 3.05) is 18.5 Å². The molecule has 3 rings (SSSR count). The number of carbonyl (C=O) groups is 2. The Hall–Kier alpha value is -2.71. The molecule has 2 aromatic carbocycles. The molecule has 1 heterocycles. The first-order chi connectivity index (χ1) is 11.9. The maximum atomic E-state index is 12.6. The third-order valence-corrected chi connectivity index (χ3v) is 5.32. The third-order valence-electron chi connectivity index (χ3n) is 3.91. The molecule has 25 heavy (non-hydrogen) atoms. The fourth-order valence-electron chi connectivity index (χ4n) is 2.64. The molecule has 7 nitrogen and oxygen atoms in total. The number of nitrogens with zero attached hydrogens (tertiary/aromatic N) is 2. The van der Waals surface area contributed by atoms with Crippen molar-refractivity contribution in [1.29, 1.82) is 0 Å². The Bertz CT molecular complexity index is 913. The standard InChI is InChI=1S/C17H17N3O4S/c1-18-25(23,24)15-9-5-8-14(10-15)20-16(21)12-19(17(20)22)11-13-6-3-2-4-7-13/h2-10,18H,11-12H2,1H3. The summed E-state index contributed by atoms with van der Waals surface area (Å²) in [5, 5.41) is 0. The van der Waals surface area contributed by atoms with Crippen LogP contribution in [-0.4, -0.2) is 38.8 Å². The Balaban J connectivity index is 1.87. The number of urea groups is 1. The van der Waals surface area contributed by atoms with Gasteiger partial charge in [0.15, 0.2) is 0 Å². The van der Waals surface area contributed by atoms with E-state index in [4.69, 9.17) is 0 Å². The van der Waals surface area contributed by atoms with E-state index in [9.17, 15) is 18.0 Å². The number of hydrogen-bond donors (Lipinski definition) is 1. The lowest BCUT2D eigenvalue weighted by atomic mass is 10.2. The minimum atomic E-state index is -3.66. The number of rotatable bonds is 5. The number of amides is 3. The zero-order valence-corrected chi connectivity index (χ0v) is 14.4. The highest BCUT2D eigenvalue weighted by molar-refractivity contribution is 7.89. The van der Waals surface area contributed by atoms with Gasteiger partial charge >= 0.3 is 6.03 Å². The molecule has 8 heteroatoms. The average Bonchev–Trinajstić information content (AvgIpc) is 2.89. The quantitative estimate of drug-likeness (QED) is 0.821. The summed E-state index contributed by atoms with van der Waals surface area (Å²) in [6.45, 7) is 0.271. The summed E-state index contributed by atoms with van der Waals surface area (Å²) in [5.41, 5.74) is 1.15. The SMILES string of the molecule is CNS(=O)(=O)c1cccc(N2C(=O)CN(Cc3ccccc3)C2=O)c1. The summed E-state index contributed by atoms with van der Waals surface area (Å²) in [6, 6.07) is 14.6. The van der Waals surface area contributed by atoms with Crippen molar-refractivity contribution in [2.24, 2.45) is 0 Å². The monoisotopic (exact) mass is 359 g/mol. The maximum absolute atomic E-state index is 12.6. The molecule has 3 amide bonds. The van der Waals surface area contributed by atoms with Gasteiger partial charge in [-0.15, -0.1) is 0 Å². The van der Waals surface area contributed by atoms with Crippen molar-refractivity contribution in [3.63, 3.8) is 0 Å². The molecule has 0 unspecified atom stereocenters. The molecule has 2 aromatic rings. The summed E-state index contributed by atoms with van der Waals surface area (Å²) >= 11 is 0. The molecule has 1 saturated heterocycles. The molecule has 0 aromatic heterocycles. The number of nitrogens with one attached hydrogen (secondary N) is 1. The van der Waals surface area contributed by atoms with Crippen LogP contribution in [0.2, 0.25) is 0 Å². The van der Waals surface area contributed by atoms with Crippen molar-refractivity contribution in [3.05, 3.63) is 60.2 Å². The molecule has 0 bridgehead atoms. The average molecular weight is 359 g/mol. The van der Waals surface area contributed by atoms with Gasteiger partial charge in [0.25, 0.3) is 5.91 Å². The minimum Gasteiger partial charge on any atom is -0.310 e. The highest BCUT2D eigenvalue weighted by atomic mass is 32.2. The molecule has 0 radical (unpaired) electrons. The predicted octanol–water partition coefficient (Wildman–Crippen LogP) is 1.56. The summed E-state index contributed by atoms with van der Waals surface area (Å²) < 4.78 is 26.1. The topological polar surface area (TPSA) is 86.8 Å². The minimum absolute atomic E-state index is 0.00499. The molecule has 0 aliphatic carbocycles. The van der Waals surface area contributed by atoms with Gasteiger partial charge in [0.05, 0.1) is 10.6 Å². The van der Waals surface area contributed by atoms with E-state index in [2.05, 4.69) is 4.72 Å². The lowest BCUT2D eigenvalue weighted by molar-refractivity contribution is -0.116. The van der Waals surface area contributed by atoms with Crippen molar-refractivity contribution < 1.29 is 18.0 Å². The van der Waals surface area contributed by atoms with Crippen molar-refractivity contribution >= 4 is 27.6 Å². The van der Waals surface area contributed by atoms with Crippen LogP contribution >= 0.6 is 0 Å². The number of carbonyl (C=O) groups excluding carboxylic acids is 2. The Morgan fingerprint density at radius 1 is 1.04 bits per heavy atom. The van der Waals surface area contributed by atoms with Gasteiger partial charge in [-0.1, -0.05) is 36.4 Å². The van der Waals surface area contributed by atoms with Crippen LogP contribution in [0.15, 0.2) is 59.5 Å².